The summed E-state index contributed by atoms with van der Waals surface area (Å²) in [6, 6.07) is 14.3. The molecule has 1 amide bonds. The van der Waals surface area contributed by atoms with Gasteiger partial charge in [0.1, 0.15) is 32.2 Å². The molecule has 28 nitrogen and oxygen atoms in total. The molecular weight excluding hydrogens is 1370 g/mol. The van der Waals surface area contributed by atoms with E-state index in [1.54, 1.807) is 58.9 Å². The highest BCUT2D eigenvalue weighted by molar-refractivity contribution is 7.98. The highest BCUT2D eigenvalue weighted by atomic mass is 32.2. The molecule has 568 valence electrons. The van der Waals surface area contributed by atoms with Crippen LogP contribution < -0.4 is 16.6 Å². The number of fused-ring (bicyclic) bond motifs is 5. The number of anilines is 1. The maximum Gasteiger partial charge on any atom is 0.510 e. The van der Waals surface area contributed by atoms with E-state index in [1.165, 1.54) is 11.8 Å². The molecular formula is C76H99N9O19S. The zero-order valence-corrected chi connectivity index (χ0v) is 61.6. The van der Waals surface area contributed by atoms with Crippen LogP contribution in [-0.2, 0) is 126 Å². The van der Waals surface area contributed by atoms with Gasteiger partial charge in [-0.25, -0.2) is 29.2 Å². The maximum atomic E-state index is 14.2. The van der Waals surface area contributed by atoms with Crippen LogP contribution in [0.3, 0.4) is 0 Å². The van der Waals surface area contributed by atoms with Gasteiger partial charge in [-0.05, 0) is 106 Å². The number of esters is 1. The van der Waals surface area contributed by atoms with Crippen LogP contribution in [0.5, 0.6) is 0 Å². The lowest BCUT2D eigenvalue weighted by atomic mass is 9.85. The number of nitrogens with one attached hydrogen (secondary N) is 1. The second kappa shape index (κ2) is 45.3. The summed E-state index contributed by atoms with van der Waals surface area (Å²) in [4.78, 5) is 106. The summed E-state index contributed by atoms with van der Waals surface area (Å²) in [5, 5.41) is 12.9. The number of ether oxygens (including phenoxy) is 12. The number of rotatable bonds is 52. The fourth-order valence-electron chi connectivity index (χ4n) is 11.8. The Kier molecular flexibility index (Phi) is 35.6. The van der Waals surface area contributed by atoms with Crippen LogP contribution in [0.4, 0.5) is 10.5 Å². The van der Waals surface area contributed by atoms with Gasteiger partial charge in [-0.1, -0.05) is 72.8 Å². The number of carbonyl (C=O) groups is 6. The fourth-order valence-corrected chi connectivity index (χ4v) is 12.1. The molecule has 2 atom stereocenters. The smallest absolute Gasteiger partial charge is 0.457 e. The number of benzene rings is 2. The van der Waals surface area contributed by atoms with Crippen LogP contribution in [0.25, 0.3) is 22.3 Å². The lowest BCUT2D eigenvalue weighted by Crippen LogP contribution is -2.47. The van der Waals surface area contributed by atoms with Crippen LogP contribution in [0.2, 0.25) is 0 Å². The van der Waals surface area contributed by atoms with Crippen LogP contribution in [-0.4, -0.2) is 202 Å². The molecule has 6 aromatic rings. The van der Waals surface area contributed by atoms with Crippen LogP contribution >= 0.6 is 11.8 Å². The SMILES string of the molecule is CCc1c2c(nc3ccc(C)cc13)-c1cc3c(c(=O)n1C2)COC(=O)[C@@]3(CC)OC(=O)OCc1ccc(NC(=O)[C@H](CCCCN)CC(=O)COCC(=O)CCCOCCOCCOCCOCCOCCOCCOCCOCCn2cc(CCC(=O)CCCC#Cc3cnc(SC)nc3)nn2)cc1. The first-order valence-corrected chi connectivity index (χ1v) is 37.3. The van der Waals surface area contributed by atoms with Crippen LogP contribution in [0.1, 0.15) is 129 Å². The minimum Gasteiger partial charge on any atom is -0.457 e. The van der Waals surface area contributed by atoms with Gasteiger partial charge in [0.2, 0.25) is 11.5 Å². The number of hydrogen-bond acceptors (Lipinski definition) is 26. The van der Waals surface area contributed by atoms with E-state index < -0.39 is 23.6 Å². The highest BCUT2D eigenvalue weighted by Gasteiger charge is 2.51. The molecule has 8 rings (SSSR count). The average Bonchev–Trinajstić information content (AvgIpc) is 1.63. The molecule has 105 heavy (non-hydrogen) atoms. The van der Waals surface area contributed by atoms with Gasteiger partial charge in [0.05, 0.1) is 146 Å². The summed E-state index contributed by atoms with van der Waals surface area (Å²) in [6.07, 6.45) is 11.7. The Morgan fingerprint density at radius 2 is 1.36 bits per heavy atom. The third-order valence-electron chi connectivity index (χ3n) is 17.4. The van der Waals surface area contributed by atoms with E-state index >= 15 is 0 Å². The first-order chi connectivity index (χ1) is 51.2. The van der Waals surface area contributed by atoms with Crippen molar-refractivity contribution in [2.45, 2.75) is 141 Å². The Morgan fingerprint density at radius 1 is 0.724 bits per heavy atom. The molecule has 0 bridgehead atoms. The van der Waals surface area contributed by atoms with E-state index in [0.717, 1.165) is 45.3 Å². The Bertz CT molecular complexity index is 3900. The van der Waals surface area contributed by atoms with Crippen molar-refractivity contribution in [1.82, 2.24) is 34.5 Å². The normalized spacial score (nSPS) is 13.9. The molecule has 3 N–H and O–H groups in total. The number of thioether (sulfide) groups is 1. The molecule has 0 radical (unpaired) electrons. The Balaban J connectivity index is 0.577. The minimum atomic E-state index is -1.96. The largest absolute Gasteiger partial charge is 0.510 e. The molecule has 2 aromatic carbocycles. The Morgan fingerprint density at radius 3 is 2.00 bits per heavy atom. The number of amides is 1. The molecule has 0 spiro atoms. The second-order valence-corrected chi connectivity index (χ2v) is 25.8. The van der Waals surface area contributed by atoms with Crippen molar-refractivity contribution in [3.05, 3.63) is 122 Å². The number of pyridine rings is 2. The number of nitrogens with two attached hydrogens (primary N) is 1. The van der Waals surface area contributed by atoms with Crippen LogP contribution in [0, 0.1) is 24.7 Å². The Hall–Kier alpha value is -8.25. The average molecular weight is 1470 g/mol. The summed E-state index contributed by atoms with van der Waals surface area (Å²) < 4.78 is 70.3. The van der Waals surface area contributed by atoms with Gasteiger partial charge in [0.15, 0.2) is 16.7 Å². The lowest BCUT2D eigenvalue weighted by Gasteiger charge is -2.35. The molecule has 29 heteroatoms. The molecule has 0 fully saturated rings. The zero-order chi connectivity index (χ0) is 74.4. The number of nitrogens with zero attached hydrogens (tertiary/aromatic N) is 7. The number of Topliss-reactive ketones (excluding diaryl/α,β-unsaturated/α-hetero) is 3. The number of unbranched alkanes of at least 4 members (excludes halogenated alkanes) is 2. The standard InChI is InChI=1S/C76H99N9O19S/c1-5-63-64-43-54(3)17-24-68(64)81-70-65(63)49-85-69(70)45-67-66(72(85)90)53-102-73(91)76(67,6-2)104-75(92)103-50-55-18-20-58(21-19-55)80-71(89)57(14-10-11-25-77)44-62(88)52-101-51-61(87)16-12-27-93-29-31-95-33-35-97-37-39-99-41-42-100-40-38-98-36-34-96-32-30-94-28-26-84-48-59(82-83-84)22-23-60(86)15-9-7-8-13-56-46-78-74(105-4)79-47-56/h17-21,24,43,45-48,57H,5-7,9-12,14-16,22-23,25-42,44,49-53,77H2,1-4H3,(H,80,89)/t57-,76+/m1/s1. The van der Waals surface area contributed by atoms with Crippen molar-refractivity contribution in [1.29, 1.82) is 0 Å². The summed E-state index contributed by atoms with van der Waals surface area (Å²) in [7, 11) is 0. The number of hydrogen-bond donors (Lipinski definition) is 2. The van der Waals surface area contributed by atoms with Crippen molar-refractivity contribution >= 4 is 63.7 Å². The number of ketones is 3. The summed E-state index contributed by atoms with van der Waals surface area (Å²) >= 11 is 1.48. The third kappa shape index (κ3) is 26.6. The third-order valence-corrected chi connectivity index (χ3v) is 17.9. The molecule has 0 unspecified atom stereocenters. The highest BCUT2D eigenvalue weighted by Crippen LogP contribution is 2.42. The molecule has 0 saturated carbocycles. The van der Waals surface area contributed by atoms with E-state index in [4.69, 9.17) is 67.6 Å². The summed E-state index contributed by atoms with van der Waals surface area (Å²) in [5.41, 5.74) is 11.4. The predicted molar refractivity (Wildman–Crippen MR) is 388 cm³/mol. The number of aryl methyl sites for hydroxylation is 3. The van der Waals surface area contributed by atoms with Gasteiger partial charge >= 0.3 is 12.1 Å². The van der Waals surface area contributed by atoms with Gasteiger partial charge in [-0.3, -0.25) is 24.0 Å². The van der Waals surface area contributed by atoms with Crippen LogP contribution in [0.15, 0.2) is 77.1 Å². The molecule has 6 heterocycles. The van der Waals surface area contributed by atoms with E-state index in [9.17, 15) is 33.6 Å². The van der Waals surface area contributed by atoms with Crippen molar-refractivity contribution in [2.75, 3.05) is 137 Å². The molecule has 2 aliphatic rings. The topological polar surface area (TPSA) is 343 Å². The number of carbonyl (C=O) groups excluding carboxylic acids is 6. The second-order valence-electron chi connectivity index (χ2n) is 25.1. The van der Waals surface area contributed by atoms with Crippen molar-refractivity contribution in [2.24, 2.45) is 11.7 Å². The predicted octanol–water partition coefficient (Wildman–Crippen LogP) is 7.98. The van der Waals surface area contributed by atoms with Gasteiger partial charge in [-0.15, -0.1) is 5.10 Å². The lowest BCUT2D eigenvalue weighted by molar-refractivity contribution is -0.175. The monoisotopic (exact) mass is 1470 g/mol. The fraction of sp³-hybridized carbons (Fsp3) is 0.553. The van der Waals surface area contributed by atoms with Gasteiger partial charge < -0.3 is 72.5 Å². The summed E-state index contributed by atoms with van der Waals surface area (Å²) in [5.74, 6) is 3.90. The number of cyclic esters (lactones) is 1. The Labute approximate surface area is 616 Å². The van der Waals surface area contributed by atoms with E-state index in [-0.39, 0.29) is 85.6 Å². The zero-order valence-electron chi connectivity index (χ0n) is 60.8. The summed E-state index contributed by atoms with van der Waals surface area (Å²) in [6.45, 7) is 12.6. The quantitative estimate of drug-likeness (QED) is 0.0120. The van der Waals surface area contributed by atoms with Gasteiger partial charge in [0, 0.05) is 85.4 Å². The number of aromatic nitrogens is 7. The molecule has 0 saturated heterocycles. The van der Waals surface area contributed by atoms with E-state index in [1.807, 2.05) is 31.5 Å². The van der Waals surface area contributed by atoms with Crippen molar-refractivity contribution in [3.63, 3.8) is 0 Å². The molecule has 4 aromatic heterocycles. The molecule has 0 aliphatic carbocycles. The first-order valence-electron chi connectivity index (χ1n) is 36.0. The van der Waals surface area contributed by atoms with Gasteiger partial charge in [0.25, 0.3) is 5.56 Å². The molecule has 2 aliphatic heterocycles. The van der Waals surface area contributed by atoms with Crippen molar-refractivity contribution in [3.8, 4) is 23.2 Å². The first kappa shape index (κ1) is 82.4. The maximum absolute atomic E-state index is 14.2. The van der Waals surface area contributed by atoms with Crippen molar-refractivity contribution < 1.29 is 85.6 Å². The van der Waals surface area contributed by atoms with E-state index in [2.05, 4.69) is 50.4 Å². The minimum absolute atomic E-state index is 0.0418. The van der Waals surface area contributed by atoms with Gasteiger partial charge in [-0.2, -0.15) is 0 Å². The van der Waals surface area contributed by atoms with E-state index in [0.29, 0.717) is 211 Å².